The molecule has 0 aliphatic heterocycles. The molecule has 7 heteroatoms. The molecule has 1 aromatic carbocycles. The van der Waals surface area contributed by atoms with Gasteiger partial charge in [0.15, 0.2) is 11.5 Å². The Morgan fingerprint density at radius 2 is 2.08 bits per heavy atom. The van der Waals surface area contributed by atoms with Gasteiger partial charge < -0.3 is 4.52 Å². The highest BCUT2D eigenvalue weighted by Gasteiger charge is 2.51. The lowest BCUT2D eigenvalue weighted by atomic mass is 9.90. The summed E-state index contributed by atoms with van der Waals surface area (Å²) in [6.45, 7) is 3.86. The van der Waals surface area contributed by atoms with Crippen molar-refractivity contribution < 1.29 is 13.3 Å². The number of alkyl halides is 2. The largest absolute Gasteiger partial charge is 0.332 e. The molecule has 3 aromatic rings. The number of benzene rings is 1. The van der Waals surface area contributed by atoms with E-state index in [4.69, 9.17) is 4.52 Å². The smallest absolute Gasteiger partial charge is 0.280 e. The van der Waals surface area contributed by atoms with Crippen molar-refractivity contribution >= 4 is 6.08 Å². The Labute approximate surface area is 143 Å². The topological polar surface area (TPSA) is 56.7 Å². The fraction of sp³-hybridized carbons (Fsp3) is 0.278. The molecule has 0 bridgehead atoms. The quantitative estimate of drug-likeness (QED) is 0.699. The monoisotopic (exact) mass is 342 g/mol. The second-order valence-electron chi connectivity index (χ2n) is 6.18. The van der Waals surface area contributed by atoms with Gasteiger partial charge in [0, 0.05) is 7.05 Å². The summed E-state index contributed by atoms with van der Waals surface area (Å²) < 4.78 is 32.3. The summed E-state index contributed by atoms with van der Waals surface area (Å²) in [5.41, 5.74) is 1.90. The van der Waals surface area contributed by atoms with Crippen LogP contribution in [0, 0.1) is 0 Å². The molecule has 0 saturated heterocycles. The van der Waals surface area contributed by atoms with E-state index < -0.39 is 6.43 Å². The molecule has 2 aromatic heterocycles. The lowest BCUT2D eigenvalue weighted by molar-refractivity contribution is 0.141. The molecule has 0 N–H and O–H groups in total. The van der Waals surface area contributed by atoms with E-state index in [9.17, 15) is 8.78 Å². The number of rotatable bonds is 5. The Kier molecular flexibility index (Phi) is 3.52. The van der Waals surface area contributed by atoms with Crippen LogP contribution in [0.15, 0.2) is 41.4 Å². The first-order chi connectivity index (χ1) is 12.0. The highest BCUT2D eigenvalue weighted by molar-refractivity contribution is 5.58. The van der Waals surface area contributed by atoms with E-state index in [2.05, 4.69) is 21.8 Å². The Bertz CT molecular complexity index is 940. The molecule has 0 amide bonds. The van der Waals surface area contributed by atoms with Crippen molar-refractivity contribution in [2.45, 2.75) is 24.7 Å². The van der Waals surface area contributed by atoms with E-state index in [-0.39, 0.29) is 22.7 Å². The van der Waals surface area contributed by atoms with Crippen molar-refractivity contribution in [2.24, 2.45) is 7.05 Å². The third-order valence-corrected chi connectivity index (χ3v) is 4.66. The molecule has 1 fully saturated rings. The fourth-order valence-electron chi connectivity index (χ4n) is 3.16. The van der Waals surface area contributed by atoms with Crippen molar-refractivity contribution in [3.8, 4) is 11.6 Å². The first-order valence-electron chi connectivity index (χ1n) is 7.94. The summed E-state index contributed by atoms with van der Waals surface area (Å²) in [4.78, 5) is 4.45. The summed E-state index contributed by atoms with van der Waals surface area (Å²) in [6, 6.07) is 9.24. The number of aromatic nitrogens is 4. The molecular formula is C18H16F2N4O. The van der Waals surface area contributed by atoms with E-state index in [1.54, 1.807) is 0 Å². The van der Waals surface area contributed by atoms with Crippen LogP contribution in [0.3, 0.4) is 0 Å². The van der Waals surface area contributed by atoms with Crippen LogP contribution < -0.4 is 0 Å². The number of halogens is 2. The SMILES string of the molecule is C=Cc1ccccc1C1(c2noc(-c3cc(C(F)F)n(C)n3)n2)CC1. The second-order valence-corrected chi connectivity index (χ2v) is 6.18. The molecule has 0 spiro atoms. The molecule has 25 heavy (non-hydrogen) atoms. The normalized spacial score (nSPS) is 15.5. The maximum Gasteiger partial charge on any atom is 0.280 e. The molecule has 1 aliphatic rings. The van der Waals surface area contributed by atoms with E-state index in [1.165, 1.54) is 13.1 Å². The zero-order chi connectivity index (χ0) is 17.6. The van der Waals surface area contributed by atoms with Gasteiger partial charge >= 0.3 is 0 Å². The van der Waals surface area contributed by atoms with Crippen molar-refractivity contribution in [1.82, 2.24) is 19.9 Å². The summed E-state index contributed by atoms with van der Waals surface area (Å²) in [7, 11) is 1.46. The van der Waals surface area contributed by atoms with E-state index in [0.717, 1.165) is 28.7 Å². The van der Waals surface area contributed by atoms with Crippen LogP contribution in [0.5, 0.6) is 0 Å². The Morgan fingerprint density at radius 3 is 2.72 bits per heavy atom. The first kappa shape index (κ1) is 15.7. The molecule has 0 unspecified atom stereocenters. The summed E-state index contributed by atoms with van der Waals surface area (Å²) >= 11 is 0. The lowest BCUT2D eigenvalue weighted by Crippen LogP contribution is -2.12. The van der Waals surface area contributed by atoms with Gasteiger partial charge in [-0.2, -0.15) is 10.1 Å². The zero-order valence-corrected chi connectivity index (χ0v) is 13.6. The average molecular weight is 342 g/mol. The Balaban J connectivity index is 1.72. The minimum absolute atomic E-state index is 0.153. The van der Waals surface area contributed by atoms with Crippen LogP contribution in [-0.2, 0) is 12.5 Å². The van der Waals surface area contributed by atoms with Gasteiger partial charge in [-0.1, -0.05) is 42.1 Å². The maximum atomic E-state index is 12.9. The van der Waals surface area contributed by atoms with Gasteiger partial charge in [0.25, 0.3) is 12.3 Å². The predicted octanol–water partition coefficient (Wildman–Crippen LogP) is 4.13. The first-order valence-corrected chi connectivity index (χ1v) is 7.94. The number of aryl methyl sites for hydroxylation is 1. The molecule has 5 nitrogen and oxygen atoms in total. The van der Waals surface area contributed by atoms with Gasteiger partial charge in [0.2, 0.25) is 0 Å². The number of hydrogen-bond donors (Lipinski definition) is 0. The second kappa shape index (κ2) is 5.61. The highest BCUT2D eigenvalue weighted by Crippen LogP contribution is 2.53. The summed E-state index contributed by atoms with van der Waals surface area (Å²) in [5.74, 6) is 0.709. The van der Waals surface area contributed by atoms with Crippen LogP contribution in [0.25, 0.3) is 17.7 Å². The molecule has 1 aliphatic carbocycles. The molecule has 4 rings (SSSR count). The van der Waals surface area contributed by atoms with Gasteiger partial charge in [-0.25, -0.2) is 8.78 Å². The molecule has 2 heterocycles. The van der Waals surface area contributed by atoms with E-state index >= 15 is 0 Å². The summed E-state index contributed by atoms with van der Waals surface area (Å²) in [6.07, 6.45) is 1.01. The van der Waals surface area contributed by atoms with Gasteiger partial charge in [-0.15, -0.1) is 0 Å². The van der Waals surface area contributed by atoms with Crippen LogP contribution >= 0.6 is 0 Å². The van der Waals surface area contributed by atoms with Crippen molar-refractivity contribution in [3.05, 3.63) is 59.6 Å². The third-order valence-electron chi connectivity index (χ3n) is 4.66. The van der Waals surface area contributed by atoms with E-state index in [0.29, 0.717) is 5.82 Å². The molecule has 1 saturated carbocycles. The van der Waals surface area contributed by atoms with Crippen LogP contribution in [0.4, 0.5) is 8.78 Å². The number of hydrogen-bond acceptors (Lipinski definition) is 4. The Hall–Kier alpha value is -2.83. The average Bonchev–Trinajstić information content (AvgIpc) is 3.08. The van der Waals surface area contributed by atoms with Crippen LogP contribution in [0.1, 0.15) is 41.9 Å². The van der Waals surface area contributed by atoms with Gasteiger partial charge in [-0.05, 0) is 30.0 Å². The third kappa shape index (κ3) is 2.47. The molecular weight excluding hydrogens is 326 g/mol. The predicted molar refractivity (Wildman–Crippen MR) is 88.0 cm³/mol. The van der Waals surface area contributed by atoms with E-state index in [1.807, 2.05) is 30.3 Å². The zero-order valence-electron chi connectivity index (χ0n) is 13.6. The van der Waals surface area contributed by atoms with Crippen molar-refractivity contribution in [3.63, 3.8) is 0 Å². The number of nitrogens with zero attached hydrogens (tertiary/aromatic N) is 4. The minimum atomic E-state index is -2.61. The van der Waals surface area contributed by atoms with Gasteiger partial charge in [0.05, 0.1) is 5.41 Å². The van der Waals surface area contributed by atoms with Crippen LogP contribution in [0.2, 0.25) is 0 Å². The molecule has 0 radical (unpaired) electrons. The van der Waals surface area contributed by atoms with Crippen molar-refractivity contribution in [2.75, 3.05) is 0 Å². The van der Waals surface area contributed by atoms with Crippen LogP contribution in [-0.4, -0.2) is 19.9 Å². The fourth-order valence-corrected chi connectivity index (χ4v) is 3.16. The summed E-state index contributed by atoms with van der Waals surface area (Å²) in [5, 5.41) is 8.15. The molecule has 128 valence electrons. The maximum absolute atomic E-state index is 12.9. The standard InChI is InChI=1S/C18H16F2N4O/c1-3-11-6-4-5-7-12(11)18(8-9-18)17-21-16(25-23-17)13-10-14(15(19)20)24(2)22-13/h3-7,10,15H,1,8-9H2,2H3. The minimum Gasteiger partial charge on any atom is -0.332 e. The Morgan fingerprint density at radius 1 is 1.32 bits per heavy atom. The van der Waals surface area contributed by atoms with Gasteiger partial charge in [-0.3, -0.25) is 4.68 Å². The highest BCUT2D eigenvalue weighted by atomic mass is 19.3. The van der Waals surface area contributed by atoms with Gasteiger partial charge in [0.1, 0.15) is 5.69 Å². The van der Waals surface area contributed by atoms with Crippen molar-refractivity contribution in [1.29, 1.82) is 0 Å². The molecule has 0 atom stereocenters. The lowest BCUT2D eigenvalue weighted by Gasteiger charge is -2.14.